The minimum atomic E-state index is -0.309. The summed E-state index contributed by atoms with van der Waals surface area (Å²) in [5.41, 5.74) is -0.309. The number of aliphatic hydroxyl groups is 1. The lowest BCUT2D eigenvalue weighted by Gasteiger charge is -2.44. The molecule has 0 saturated heterocycles. The van der Waals surface area contributed by atoms with Gasteiger partial charge < -0.3 is 5.11 Å². The van der Waals surface area contributed by atoms with Crippen molar-refractivity contribution in [1.29, 1.82) is 0 Å². The third-order valence-corrected chi connectivity index (χ3v) is 5.29. The summed E-state index contributed by atoms with van der Waals surface area (Å²) >= 11 is 0. The van der Waals surface area contributed by atoms with Crippen LogP contribution < -0.4 is 0 Å². The van der Waals surface area contributed by atoms with Crippen LogP contribution in [0.4, 0.5) is 0 Å². The van der Waals surface area contributed by atoms with Crippen LogP contribution in [-0.4, -0.2) is 10.7 Å². The Morgan fingerprint density at radius 2 is 1.50 bits per heavy atom. The first-order valence-corrected chi connectivity index (χ1v) is 7.34. The number of hydrogen-bond donors (Lipinski definition) is 1. The highest BCUT2D eigenvalue weighted by atomic mass is 16.3. The first-order valence-electron chi connectivity index (χ1n) is 7.34. The van der Waals surface area contributed by atoms with E-state index in [1.807, 2.05) is 0 Å². The van der Waals surface area contributed by atoms with Gasteiger partial charge in [0.15, 0.2) is 0 Å². The molecule has 2 aliphatic rings. The van der Waals surface area contributed by atoms with E-state index < -0.39 is 0 Å². The molecule has 1 heteroatoms. The van der Waals surface area contributed by atoms with Crippen LogP contribution in [0.25, 0.3) is 0 Å². The average molecular weight is 224 g/mol. The molecule has 3 unspecified atom stereocenters. The molecule has 0 bridgehead atoms. The SMILES string of the molecule is CC1CCC(O)(C2CCCCCC2)CC1C. The van der Waals surface area contributed by atoms with Crippen molar-refractivity contribution in [2.45, 2.75) is 77.2 Å². The van der Waals surface area contributed by atoms with Gasteiger partial charge in [0, 0.05) is 0 Å². The Morgan fingerprint density at radius 3 is 2.06 bits per heavy atom. The Morgan fingerprint density at radius 1 is 0.875 bits per heavy atom. The van der Waals surface area contributed by atoms with E-state index in [9.17, 15) is 5.11 Å². The molecule has 0 radical (unpaired) electrons. The molecular formula is C15H28O. The van der Waals surface area contributed by atoms with E-state index in [4.69, 9.17) is 0 Å². The Labute approximate surface area is 101 Å². The van der Waals surface area contributed by atoms with Crippen molar-refractivity contribution in [3.8, 4) is 0 Å². The molecule has 0 aromatic rings. The van der Waals surface area contributed by atoms with Crippen LogP contribution in [0.15, 0.2) is 0 Å². The number of rotatable bonds is 1. The minimum Gasteiger partial charge on any atom is -0.390 e. The third kappa shape index (κ3) is 2.61. The van der Waals surface area contributed by atoms with Gasteiger partial charge in [-0.25, -0.2) is 0 Å². The number of hydrogen-bond acceptors (Lipinski definition) is 1. The first-order chi connectivity index (χ1) is 7.62. The van der Waals surface area contributed by atoms with E-state index in [0.717, 1.165) is 18.8 Å². The molecule has 0 heterocycles. The Kier molecular flexibility index (Phi) is 3.94. The highest BCUT2D eigenvalue weighted by Gasteiger charge is 2.41. The van der Waals surface area contributed by atoms with Crippen molar-refractivity contribution >= 4 is 0 Å². The fraction of sp³-hybridized carbons (Fsp3) is 1.00. The highest BCUT2D eigenvalue weighted by Crippen LogP contribution is 2.44. The zero-order chi connectivity index (χ0) is 11.6. The predicted octanol–water partition coefficient (Wildman–Crippen LogP) is 4.14. The van der Waals surface area contributed by atoms with Crippen molar-refractivity contribution in [3.63, 3.8) is 0 Å². The van der Waals surface area contributed by atoms with Crippen LogP contribution in [0.5, 0.6) is 0 Å². The maximum Gasteiger partial charge on any atom is 0.0678 e. The van der Waals surface area contributed by atoms with Crippen molar-refractivity contribution in [3.05, 3.63) is 0 Å². The summed E-state index contributed by atoms with van der Waals surface area (Å²) in [4.78, 5) is 0. The van der Waals surface area contributed by atoms with E-state index in [1.54, 1.807) is 0 Å². The summed E-state index contributed by atoms with van der Waals surface area (Å²) < 4.78 is 0. The van der Waals surface area contributed by atoms with Crippen molar-refractivity contribution in [2.24, 2.45) is 17.8 Å². The zero-order valence-corrected chi connectivity index (χ0v) is 11.0. The largest absolute Gasteiger partial charge is 0.390 e. The smallest absolute Gasteiger partial charge is 0.0678 e. The second-order valence-corrected chi connectivity index (χ2v) is 6.49. The second-order valence-electron chi connectivity index (χ2n) is 6.49. The Bertz CT molecular complexity index is 217. The van der Waals surface area contributed by atoms with Crippen molar-refractivity contribution < 1.29 is 5.11 Å². The van der Waals surface area contributed by atoms with Crippen molar-refractivity contribution in [1.82, 2.24) is 0 Å². The zero-order valence-electron chi connectivity index (χ0n) is 11.0. The van der Waals surface area contributed by atoms with Crippen LogP contribution in [0.1, 0.15) is 71.6 Å². The molecule has 1 N–H and O–H groups in total. The van der Waals surface area contributed by atoms with Gasteiger partial charge in [0.1, 0.15) is 0 Å². The molecule has 16 heavy (non-hydrogen) atoms. The monoisotopic (exact) mass is 224 g/mol. The molecule has 0 aromatic heterocycles. The summed E-state index contributed by atoms with van der Waals surface area (Å²) in [6, 6.07) is 0. The van der Waals surface area contributed by atoms with Gasteiger partial charge >= 0.3 is 0 Å². The van der Waals surface area contributed by atoms with Gasteiger partial charge in [0.25, 0.3) is 0 Å². The summed E-state index contributed by atoms with van der Waals surface area (Å²) in [7, 11) is 0. The molecule has 0 aromatic carbocycles. The third-order valence-electron chi connectivity index (χ3n) is 5.29. The Balaban J connectivity index is 2.00. The maximum absolute atomic E-state index is 10.9. The first kappa shape index (κ1) is 12.4. The van der Waals surface area contributed by atoms with E-state index in [0.29, 0.717) is 11.8 Å². The molecule has 0 amide bonds. The van der Waals surface area contributed by atoms with Gasteiger partial charge in [0.05, 0.1) is 5.60 Å². The molecule has 1 nitrogen and oxygen atoms in total. The lowest BCUT2D eigenvalue weighted by atomic mass is 9.66. The topological polar surface area (TPSA) is 20.2 Å². The van der Waals surface area contributed by atoms with Crippen LogP contribution in [0.3, 0.4) is 0 Å². The summed E-state index contributed by atoms with van der Waals surface area (Å²) in [6.07, 6.45) is 11.4. The second kappa shape index (κ2) is 5.08. The van der Waals surface area contributed by atoms with E-state index in [2.05, 4.69) is 13.8 Å². The average Bonchev–Trinajstić information content (AvgIpc) is 2.53. The van der Waals surface area contributed by atoms with E-state index in [-0.39, 0.29) is 5.60 Å². The quantitative estimate of drug-likeness (QED) is 0.664. The molecule has 0 aliphatic heterocycles. The van der Waals surface area contributed by atoms with E-state index in [1.165, 1.54) is 44.9 Å². The Hall–Kier alpha value is -0.0400. The fourth-order valence-corrected chi connectivity index (χ4v) is 3.81. The van der Waals surface area contributed by atoms with Gasteiger partial charge in [-0.1, -0.05) is 39.5 Å². The molecule has 3 atom stereocenters. The standard InChI is InChI=1S/C15H28O/c1-12-9-10-15(16,11-13(12)2)14-7-5-3-4-6-8-14/h12-14,16H,3-11H2,1-2H3. The normalized spacial score (nSPS) is 42.9. The molecule has 94 valence electrons. The minimum absolute atomic E-state index is 0.309. The van der Waals surface area contributed by atoms with Crippen molar-refractivity contribution in [2.75, 3.05) is 0 Å². The van der Waals surface area contributed by atoms with Crippen LogP contribution in [0.2, 0.25) is 0 Å². The predicted molar refractivity (Wildman–Crippen MR) is 68.3 cm³/mol. The van der Waals surface area contributed by atoms with Crippen LogP contribution >= 0.6 is 0 Å². The van der Waals surface area contributed by atoms with Gasteiger partial charge in [-0.05, 0) is 49.9 Å². The lowest BCUT2D eigenvalue weighted by molar-refractivity contribution is -0.0790. The maximum atomic E-state index is 10.9. The van der Waals surface area contributed by atoms with Gasteiger partial charge in [-0.3, -0.25) is 0 Å². The summed E-state index contributed by atoms with van der Waals surface area (Å²) in [6.45, 7) is 4.67. The lowest BCUT2D eigenvalue weighted by Crippen LogP contribution is -2.44. The van der Waals surface area contributed by atoms with Crippen LogP contribution in [0, 0.1) is 17.8 Å². The van der Waals surface area contributed by atoms with Gasteiger partial charge in [-0.2, -0.15) is 0 Å². The van der Waals surface area contributed by atoms with E-state index >= 15 is 0 Å². The molecule has 2 fully saturated rings. The highest BCUT2D eigenvalue weighted by molar-refractivity contribution is 4.93. The molecule has 0 spiro atoms. The molecule has 2 aliphatic carbocycles. The molecule has 2 saturated carbocycles. The molecule has 2 rings (SSSR count). The summed E-state index contributed by atoms with van der Waals surface area (Å²) in [5, 5.41) is 10.9. The van der Waals surface area contributed by atoms with Crippen LogP contribution in [-0.2, 0) is 0 Å². The van der Waals surface area contributed by atoms with Gasteiger partial charge in [-0.15, -0.1) is 0 Å². The summed E-state index contributed by atoms with van der Waals surface area (Å²) in [5.74, 6) is 2.12. The molecular weight excluding hydrogens is 196 g/mol. The van der Waals surface area contributed by atoms with Gasteiger partial charge in [0.2, 0.25) is 0 Å². The fourth-order valence-electron chi connectivity index (χ4n) is 3.81.